The lowest BCUT2D eigenvalue weighted by Crippen LogP contribution is -2.17. The number of hydrogen-bond acceptors (Lipinski definition) is 5. The van der Waals surface area contributed by atoms with Crippen molar-refractivity contribution in [2.45, 2.75) is 13.8 Å². The largest absolute Gasteiger partial charge is 0.500 e. The first-order valence-corrected chi connectivity index (χ1v) is 6.62. The topological polar surface area (TPSA) is 65.5 Å². The molecule has 0 radical (unpaired) electrons. The number of carbonyl (C=O) groups is 2. The fourth-order valence-electron chi connectivity index (χ4n) is 1.30. The maximum absolute atomic E-state index is 12.3. The van der Waals surface area contributed by atoms with E-state index in [1.165, 1.54) is 12.1 Å². The second kappa shape index (κ2) is 7.87. The van der Waals surface area contributed by atoms with Crippen molar-refractivity contribution in [3.8, 4) is 0 Å². The number of ketones is 1. The smallest absolute Gasteiger partial charge is 0.345 e. The normalized spacial score (nSPS) is 11.1. The molecule has 0 unspecified atom stereocenters. The van der Waals surface area contributed by atoms with E-state index < -0.39 is 11.8 Å². The highest BCUT2D eigenvalue weighted by Gasteiger charge is 2.24. The van der Waals surface area contributed by atoms with Gasteiger partial charge in [-0.1, -0.05) is 23.2 Å². The molecule has 0 spiro atoms. The van der Waals surface area contributed by atoms with E-state index in [1.54, 1.807) is 13.8 Å². The van der Waals surface area contributed by atoms with Crippen LogP contribution in [0.25, 0.3) is 0 Å². The molecule has 0 bridgehead atoms. The number of halogens is 2. The SMILES string of the molecule is CCO/C=C(\C(=O)OCC)C(=O)c1ccc(Cl)nc1Cl. The highest BCUT2D eigenvalue weighted by molar-refractivity contribution is 6.37. The first-order valence-electron chi connectivity index (χ1n) is 5.86. The molecule has 1 heterocycles. The van der Waals surface area contributed by atoms with Gasteiger partial charge < -0.3 is 9.47 Å². The van der Waals surface area contributed by atoms with E-state index in [2.05, 4.69) is 4.98 Å². The van der Waals surface area contributed by atoms with E-state index >= 15 is 0 Å². The van der Waals surface area contributed by atoms with Crippen molar-refractivity contribution in [3.63, 3.8) is 0 Å². The molecule has 0 aliphatic heterocycles. The Morgan fingerprint density at radius 1 is 1.25 bits per heavy atom. The van der Waals surface area contributed by atoms with Gasteiger partial charge in [-0.2, -0.15) is 0 Å². The molecular formula is C13H13Cl2NO4. The zero-order chi connectivity index (χ0) is 15.1. The Labute approximate surface area is 126 Å². The molecule has 0 saturated carbocycles. The van der Waals surface area contributed by atoms with Gasteiger partial charge in [-0.15, -0.1) is 0 Å². The molecule has 0 saturated heterocycles. The van der Waals surface area contributed by atoms with Crippen molar-refractivity contribution in [2.24, 2.45) is 0 Å². The van der Waals surface area contributed by atoms with Crippen LogP contribution in [-0.4, -0.2) is 30.0 Å². The fraction of sp³-hybridized carbons (Fsp3) is 0.308. The quantitative estimate of drug-likeness (QED) is 0.153. The average molecular weight is 318 g/mol. The third kappa shape index (κ3) is 4.21. The van der Waals surface area contributed by atoms with Crippen molar-refractivity contribution in [1.82, 2.24) is 4.98 Å². The number of carbonyl (C=O) groups excluding carboxylic acids is 2. The van der Waals surface area contributed by atoms with Gasteiger partial charge in [-0.25, -0.2) is 9.78 Å². The Bertz CT molecular complexity index is 543. The minimum absolute atomic E-state index is 0.0510. The second-order valence-corrected chi connectivity index (χ2v) is 4.25. The lowest BCUT2D eigenvalue weighted by molar-refractivity contribution is -0.138. The molecular weight excluding hydrogens is 305 g/mol. The van der Waals surface area contributed by atoms with Crippen molar-refractivity contribution < 1.29 is 19.1 Å². The van der Waals surface area contributed by atoms with Crippen LogP contribution in [0.4, 0.5) is 0 Å². The Balaban J connectivity index is 3.13. The van der Waals surface area contributed by atoms with Crippen molar-refractivity contribution in [1.29, 1.82) is 0 Å². The van der Waals surface area contributed by atoms with Crippen LogP contribution in [0.2, 0.25) is 10.3 Å². The Hall–Kier alpha value is -1.59. The third-order valence-electron chi connectivity index (χ3n) is 2.17. The predicted octanol–water partition coefficient (Wildman–Crippen LogP) is 3.05. The number of rotatable bonds is 6. The van der Waals surface area contributed by atoms with Crippen LogP contribution >= 0.6 is 23.2 Å². The lowest BCUT2D eigenvalue weighted by atomic mass is 10.1. The summed E-state index contributed by atoms with van der Waals surface area (Å²) in [5.41, 5.74) is -0.199. The van der Waals surface area contributed by atoms with Crippen LogP contribution in [0.3, 0.4) is 0 Å². The van der Waals surface area contributed by atoms with Gasteiger partial charge in [-0.3, -0.25) is 4.79 Å². The molecule has 0 aliphatic rings. The van der Waals surface area contributed by atoms with Gasteiger partial charge in [0.25, 0.3) is 0 Å². The number of nitrogens with zero attached hydrogens (tertiary/aromatic N) is 1. The van der Waals surface area contributed by atoms with Crippen LogP contribution in [0, 0.1) is 0 Å². The molecule has 20 heavy (non-hydrogen) atoms. The summed E-state index contributed by atoms with van der Waals surface area (Å²) in [7, 11) is 0. The van der Waals surface area contributed by atoms with E-state index in [0.717, 1.165) is 6.26 Å². The van der Waals surface area contributed by atoms with Crippen LogP contribution in [0.15, 0.2) is 24.0 Å². The highest BCUT2D eigenvalue weighted by Crippen LogP contribution is 2.20. The average Bonchev–Trinajstić information content (AvgIpc) is 2.39. The van der Waals surface area contributed by atoms with Crippen LogP contribution < -0.4 is 0 Å². The molecule has 0 N–H and O–H groups in total. The Morgan fingerprint density at radius 3 is 2.50 bits per heavy atom. The number of Topliss-reactive ketones (excluding diaryl/α,β-unsaturated/α-hetero) is 1. The van der Waals surface area contributed by atoms with Crippen LogP contribution in [-0.2, 0) is 14.3 Å². The van der Waals surface area contributed by atoms with E-state index in [4.69, 9.17) is 32.7 Å². The minimum Gasteiger partial charge on any atom is -0.500 e. The van der Waals surface area contributed by atoms with E-state index in [9.17, 15) is 9.59 Å². The summed E-state index contributed by atoms with van der Waals surface area (Å²) in [6.45, 7) is 3.81. The van der Waals surface area contributed by atoms with Crippen LogP contribution in [0.5, 0.6) is 0 Å². The van der Waals surface area contributed by atoms with Crippen molar-refractivity contribution >= 4 is 35.0 Å². The van der Waals surface area contributed by atoms with Gasteiger partial charge in [0.05, 0.1) is 18.8 Å². The first kappa shape index (κ1) is 16.5. The summed E-state index contributed by atoms with van der Waals surface area (Å²) in [5.74, 6) is -1.41. The number of esters is 1. The minimum atomic E-state index is -0.781. The standard InChI is InChI=1S/C13H13Cl2NO4/c1-3-19-7-9(13(18)20-4-2)11(17)8-5-6-10(14)16-12(8)15/h5-7H,3-4H2,1-2H3/b9-7-. The number of pyridine rings is 1. The summed E-state index contributed by atoms with van der Waals surface area (Å²) in [6, 6.07) is 2.79. The highest BCUT2D eigenvalue weighted by atomic mass is 35.5. The van der Waals surface area contributed by atoms with Gasteiger partial charge in [0.1, 0.15) is 22.1 Å². The molecule has 1 aromatic rings. The van der Waals surface area contributed by atoms with E-state index in [1.807, 2.05) is 0 Å². The maximum atomic E-state index is 12.3. The summed E-state index contributed by atoms with van der Waals surface area (Å²) >= 11 is 11.5. The number of ether oxygens (including phenoxy) is 2. The lowest BCUT2D eigenvalue weighted by Gasteiger charge is -2.07. The van der Waals surface area contributed by atoms with Gasteiger partial charge in [-0.05, 0) is 26.0 Å². The predicted molar refractivity (Wildman–Crippen MR) is 74.9 cm³/mol. The molecule has 1 rings (SSSR count). The van der Waals surface area contributed by atoms with Gasteiger partial charge in [0, 0.05) is 0 Å². The molecule has 1 aromatic heterocycles. The van der Waals surface area contributed by atoms with E-state index in [-0.39, 0.29) is 28.0 Å². The summed E-state index contributed by atoms with van der Waals surface area (Å²) in [5, 5.41) is 0.0622. The summed E-state index contributed by atoms with van der Waals surface area (Å²) < 4.78 is 9.81. The molecule has 0 fully saturated rings. The molecule has 108 valence electrons. The molecule has 0 aromatic carbocycles. The number of aromatic nitrogens is 1. The van der Waals surface area contributed by atoms with Crippen molar-refractivity contribution in [2.75, 3.05) is 13.2 Å². The number of hydrogen-bond donors (Lipinski definition) is 0. The van der Waals surface area contributed by atoms with Gasteiger partial charge >= 0.3 is 5.97 Å². The van der Waals surface area contributed by atoms with Gasteiger partial charge in [0.15, 0.2) is 0 Å². The Kier molecular flexibility index (Phi) is 6.48. The fourth-order valence-corrected chi connectivity index (χ4v) is 1.73. The zero-order valence-corrected chi connectivity index (χ0v) is 12.5. The molecule has 0 atom stereocenters. The Morgan fingerprint density at radius 2 is 1.95 bits per heavy atom. The van der Waals surface area contributed by atoms with Crippen molar-refractivity contribution in [3.05, 3.63) is 39.8 Å². The zero-order valence-electron chi connectivity index (χ0n) is 11.0. The van der Waals surface area contributed by atoms with Crippen LogP contribution in [0.1, 0.15) is 24.2 Å². The third-order valence-corrected chi connectivity index (χ3v) is 2.67. The summed E-state index contributed by atoms with van der Waals surface area (Å²) in [6.07, 6.45) is 1.06. The van der Waals surface area contributed by atoms with E-state index in [0.29, 0.717) is 6.61 Å². The summed E-state index contributed by atoms with van der Waals surface area (Å²) in [4.78, 5) is 27.8. The first-order chi connectivity index (χ1) is 9.51. The second-order valence-electron chi connectivity index (χ2n) is 3.51. The monoisotopic (exact) mass is 317 g/mol. The maximum Gasteiger partial charge on any atom is 0.345 e. The molecule has 0 aliphatic carbocycles. The molecule has 0 amide bonds. The molecule has 7 heteroatoms. The molecule has 5 nitrogen and oxygen atoms in total. The van der Waals surface area contributed by atoms with Gasteiger partial charge in [0.2, 0.25) is 5.78 Å².